The summed E-state index contributed by atoms with van der Waals surface area (Å²) in [4.78, 5) is 0. The molecule has 2 aromatic heterocycles. The molecule has 1 aliphatic heterocycles. The molecule has 5 rings (SSSR count). The van der Waals surface area contributed by atoms with Crippen molar-refractivity contribution in [1.82, 2.24) is 30.5 Å². The van der Waals surface area contributed by atoms with Crippen molar-refractivity contribution in [3.8, 4) is 17.1 Å². The van der Waals surface area contributed by atoms with Crippen LogP contribution < -0.4 is 5.32 Å². The number of halogens is 1. The Kier molecular flexibility index (Phi) is 3.94. The smallest absolute Gasteiger partial charge is 0.134 e. The SMILES string of the molecule is Fc1ccc2c(-c3cn(-c4ccc(C5CCNCC5)cc4)nn3)n[nH]c2c1. The Labute approximate surface area is 155 Å². The van der Waals surface area contributed by atoms with Crippen LogP contribution in [0.4, 0.5) is 4.39 Å². The Bertz CT molecular complexity index is 1080. The third-order valence-corrected chi connectivity index (χ3v) is 5.23. The maximum Gasteiger partial charge on any atom is 0.134 e. The number of aromatic amines is 1. The van der Waals surface area contributed by atoms with Gasteiger partial charge < -0.3 is 5.32 Å². The number of hydrogen-bond acceptors (Lipinski definition) is 4. The lowest BCUT2D eigenvalue weighted by atomic mass is 9.90. The predicted octanol–water partition coefficient (Wildman–Crippen LogP) is 3.42. The van der Waals surface area contributed by atoms with Crippen LogP contribution >= 0.6 is 0 Å². The summed E-state index contributed by atoms with van der Waals surface area (Å²) in [6.45, 7) is 2.17. The molecular formula is C20H19FN6. The lowest BCUT2D eigenvalue weighted by Gasteiger charge is -2.23. The van der Waals surface area contributed by atoms with Gasteiger partial charge in [0.05, 0.1) is 17.4 Å². The molecule has 0 unspecified atom stereocenters. The molecule has 27 heavy (non-hydrogen) atoms. The monoisotopic (exact) mass is 362 g/mol. The number of benzene rings is 2. The van der Waals surface area contributed by atoms with E-state index in [9.17, 15) is 4.39 Å². The predicted molar refractivity (Wildman–Crippen MR) is 101 cm³/mol. The van der Waals surface area contributed by atoms with Crippen LogP contribution in [0.5, 0.6) is 0 Å². The van der Waals surface area contributed by atoms with Crippen LogP contribution in [0.3, 0.4) is 0 Å². The molecule has 0 radical (unpaired) electrons. The van der Waals surface area contributed by atoms with Gasteiger partial charge in [0.15, 0.2) is 0 Å². The van der Waals surface area contributed by atoms with Gasteiger partial charge in [-0.15, -0.1) is 5.10 Å². The number of nitrogens with one attached hydrogen (secondary N) is 2. The zero-order valence-corrected chi connectivity index (χ0v) is 14.7. The molecule has 136 valence electrons. The van der Waals surface area contributed by atoms with Gasteiger partial charge in [-0.25, -0.2) is 9.07 Å². The first kappa shape index (κ1) is 16.1. The summed E-state index contributed by atoms with van der Waals surface area (Å²) in [5.74, 6) is 0.331. The van der Waals surface area contributed by atoms with Crippen molar-refractivity contribution >= 4 is 10.9 Å². The molecule has 4 aromatic rings. The van der Waals surface area contributed by atoms with Gasteiger partial charge in [-0.3, -0.25) is 5.10 Å². The van der Waals surface area contributed by atoms with Crippen LogP contribution in [0.2, 0.25) is 0 Å². The van der Waals surface area contributed by atoms with Gasteiger partial charge in [-0.1, -0.05) is 17.3 Å². The highest BCUT2D eigenvalue weighted by molar-refractivity contribution is 5.91. The maximum absolute atomic E-state index is 13.4. The van der Waals surface area contributed by atoms with E-state index in [1.807, 2.05) is 6.20 Å². The van der Waals surface area contributed by atoms with Gasteiger partial charge in [-0.2, -0.15) is 5.10 Å². The highest BCUT2D eigenvalue weighted by atomic mass is 19.1. The summed E-state index contributed by atoms with van der Waals surface area (Å²) in [7, 11) is 0. The van der Waals surface area contributed by atoms with Crippen molar-refractivity contribution in [2.45, 2.75) is 18.8 Å². The van der Waals surface area contributed by atoms with Crippen LogP contribution in [-0.2, 0) is 0 Å². The van der Waals surface area contributed by atoms with Crippen LogP contribution in [0.15, 0.2) is 48.7 Å². The zero-order chi connectivity index (χ0) is 18.2. The normalized spacial score (nSPS) is 15.4. The highest BCUT2D eigenvalue weighted by Gasteiger charge is 2.16. The van der Waals surface area contributed by atoms with Gasteiger partial charge in [0.25, 0.3) is 0 Å². The topological polar surface area (TPSA) is 71.4 Å². The van der Waals surface area contributed by atoms with Crippen molar-refractivity contribution in [2.24, 2.45) is 0 Å². The molecule has 6 nitrogen and oxygen atoms in total. The van der Waals surface area contributed by atoms with Crippen LogP contribution in [0.1, 0.15) is 24.3 Å². The summed E-state index contributed by atoms with van der Waals surface area (Å²) in [5, 5.41) is 19.8. The van der Waals surface area contributed by atoms with E-state index in [1.54, 1.807) is 10.7 Å². The van der Waals surface area contributed by atoms with E-state index in [1.165, 1.54) is 30.5 Å². The first-order valence-corrected chi connectivity index (χ1v) is 9.15. The summed E-state index contributed by atoms with van der Waals surface area (Å²) < 4.78 is 15.1. The van der Waals surface area contributed by atoms with Gasteiger partial charge in [-0.05, 0) is 67.7 Å². The fourth-order valence-electron chi connectivity index (χ4n) is 3.74. The van der Waals surface area contributed by atoms with Gasteiger partial charge in [0.2, 0.25) is 0 Å². The number of fused-ring (bicyclic) bond motifs is 1. The van der Waals surface area contributed by atoms with Crippen molar-refractivity contribution in [2.75, 3.05) is 13.1 Å². The Morgan fingerprint density at radius 1 is 1.04 bits per heavy atom. The molecule has 0 spiro atoms. The average molecular weight is 362 g/mol. The van der Waals surface area contributed by atoms with E-state index in [0.29, 0.717) is 22.8 Å². The van der Waals surface area contributed by atoms with E-state index in [-0.39, 0.29) is 5.82 Å². The van der Waals surface area contributed by atoms with Gasteiger partial charge in [0, 0.05) is 5.39 Å². The Balaban J connectivity index is 1.43. The average Bonchev–Trinajstić information content (AvgIpc) is 3.35. The van der Waals surface area contributed by atoms with Crippen LogP contribution in [-0.4, -0.2) is 38.3 Å². The lowest BCUT2D eigenvalue weighted by molar-refractivity contribution is 0.460. The second-order valence-corrected chi connectivity index (χ2v) is 6.93. The molecule has 3 heterocycles. The van der Waals surface area contributed by atoms with Crippen LogP contribution in [0, 0.1) is 5.82 Å². The maximum atomic E-state index is 13.4. The quantitative estimate of drug-likeness (QED) is 0.586. The highest BCUT2D eigenvalue weighted by Crippen LogP contribution is 2.27. The van der Waals surface area contributed by atoms with Crippen molar-refractivity contribution < 1.29 is 4.39 Å². The molecule has 0 atom stereocenters. The number of H-pyrrole nitrogens is 1. The molecule has 2 N–H and O–H groups in total. The number of rotatable bonds is 3. The summed E-state index contributed by atoms with van der Waals surface area (Å²) in [5.41, 5.74) is 4.29. The third kappa shape index (κ3) is 3.00. The molecule has 7 heteroatoms. The van der Waals surface area contributed by atoms with E-state index >= 15 is 0 Å². The molecule has 2 aromatic carbocycles. The van der Waals surface area contributed by atoms with Crippen molar-refractivity contribution in [3.05, 3.63) is 60.0 Å². The Morgan fingerprint density at radius 3 is 2.67 bits per heavy atom. The number of hydrogen-bond donors (Lipinski definition) is 2. The first-order valence-electron chi connectivity index (χ1n) is 9.15. The minimum atomic E-state index is -0.296. The largest absolute Gasteiger partial charge is 0.317 e. The molecule has 0 bridgehead atoms. The molecule has 1 aliphatic rings. The Hall–Kier alpha value is -3.06. The summed E-state index contributed by atoms with van der Waals surface area (Å²) in [6, 6.07) is 13.1. The molecule has 1 saturated heterocycles. The minimum absolute atomic E-state index is 0.296. The molecular weight excluding hydrogens is 343 g/mol. The Morgan fingerprint density at radius 2 is 1.85 bits per heavy atom. The van der Waals surface area contributed by atoms with Crippen LogP contribution in [0.25, 0.3) is 28.0 Å². The van der Waals surface area contributed by atoms with Gasteiger partial charge in [0.1, 0.15) is 17.2 Å². The van der Waals surface area contributed by atoms with E-state index in [2.05, 4.69) is 50.1 Å². The standard InChI is InChI=1S/C20H19FN6/c21-15-3-6-17-18(11-15)23-25-20(17)19-12-27(26-24-19)16-4-1-13(2-5-16)14-7-9-22-10-8-14/h1-6,11-12,14,22H,7-10H2,(H,23,25). The molecule has 0 saturated carbocycles. The fraction of sp³-hybridized carbons (Fsp3) is 0.250. The molecule has 0 amide bonds. The van der Waals surface area contributed by atoms with E-state index in [0.717, 1.165) is 24.2 Å². The number of piperidine rings is 1. The third-order valence-electron chi connectivity index (χ3n) is 5.23. The summed E-state index contributed by atoms with van der Waals surface area (Å²) in [6.07, 6.45) is 4.21. The minimum Gasteiger partial charge on any atom is -0.317 e. The van der Waals surface area contributed by atoms with E-state index in [4.69, 9.17) is 0 Å². The second-order valence-electron chi connectivity index (χ2n) is 6.93. The fourth-order valence-corrected chi connectivity index (χ4v) is 3.74. The number of nitrogens with zero attached hydrogens (tertiary/aromatic N) is 4. The van der Waals surface area contributed by atoms with Crippen molar-refractivity contribution in [3.63, 3.8) is 0 Å². The second kappa shape index (κ2) is 6.59. The summed E-state index contributed by atoms with van der Waals surface area (Å²) >= 11 is 0. The molecule has 1 fully saturated rings. The lowest BCUT2D eigenvalue weighted by Crippen LogP contribution is -2.26. The van der Waals surface area contributed by atoms with Gasteiger partial charge >= 0.3 is 0 Å². The van der Waals surface area contributed by atoms with E-state index < -0.39 is 0 Å². The first-order chi connectivity index (χ1) is 13.3. The zero-order valence-electron chi connectivity index (χ0n) is 14.7. The molecule has 0 aliphatic carbocycles. The number of aromatic nitrogens is 5. The van der Waals surface area contributed by atoms with Crippen molar-refractivity contribution in [1.29, 1.82) is 0 Å².